The van der Waals surface area contributed by atoms with Gasteiger partial charge in [0.1, 0.15) is 6.04 Å². The normalized spacial score (nSPS) is 23.0. The summed E-state index contributed by atoms with van der Waals surface area (Å²) in [5, 5.41) is 9.06. The summed E-state index contributed by atoms with van der Waals surface area (Å²) in [5.74, 6) is -0.832. The maximum atomic E-state index is 11.0. The van der Waals surface area contributed by atoms with Crippen LogP contribution in [0.1, 0.15) is 6.92 Å². The van der Waals surface area contributed by atoms with E-state index in [2.05, 4.69) is 0 Å². The minimum Gasteiger partial charge on any atom is -0.480 e. The summed E-state index contributed by atoms with van der Waals surface area (Å²) in [4.78, 5) is 12.9. The fraction of sp³-hybridized carbons (Fsp3) is 0.889. The number of aliphatic carboxylic acids is 1. The molecule has 2 unspecified atom stereocenters. The van der Waals surface area contributed by atoms with Gasteiger partial charge >= 0.3 is 5.97 Å². The molecule has 1 rings (SSSR count). The van der Waals surface area contributed by atoms with Gasteiger partial charge in [-0.25, -0.2) is 0 Å². The number of carboxylic acids is 1. The van der Waals surface area contributed by atoms with Gasteiger partial charge in [0.15, 0.2) is 0 Å². The molecule has 0 spiro atoms. The zero-order valence-corrected chi connectivity index (χ0v) is 8.60. The Balaban J connectivity index is 2.60. The maximum Gasteiger partial charge on any atom is 0.323 e. The Morgan fingerprint density at radius 2 is 2.07 bits per heavy atom. The largest absolute Gasteiger partial charge is 0.480 e. The molecule has 5 heteroatoms. The standard InChI is InChI=1S/C9H17NO4/c1-7(13-2)8(9(11)12)10-3-5-14-6-4-10/h7-8H,3-6H2,1-2H3,(H,11,12). The van der Waals surface area contributed by atoms with Gasteiger partial charge in [-0.3, -0.25) is 9.69 Å². The van der Waals surface area contributed by atoms with E-state index in [0.717, 1.165) is 0 Å². The lowest BCUT2D eigenvalue weighted by atomic mass is 10.1. The van der Waals surface area contributed by atoms with Crippen LogP contribution in [0.3, 0.4) is 0 Å². The Bertz CT molecular complexity index is 191. The molecule has 0 amide bonds. The number of carbonyl (C=O) groups is 1. The average molecular weight is 203 g/mol. The third-order valence-electron chi connectivity index (χ3n) is 2.51. The molecule has 0 aromatic rings. The number of methoxy groups -OCH3 is 1. The molecule has 0 aromatic carbocycles. The van der Waals surface area contributed by atoms with Crippen LogP contribution in [0.15, 0.2) is 0 Å². The fourth-order valence-electron chi connectivity index (χ4n) is 1.64. The molecule has 82 valence electrons. The molecule has 0 radical (unpaired) electrons. The van der Waals surface area contributed by atoms with E-state index in [1.54, 1.807) is 6.92 Å². The molecule has 14 heavy (non-hydrogen) atoms. The van der Waals surface area contributed by atoms with Gasteiger partial charge in [-0.15, -0.1) is 0 Å². The van der Waals surface area contributed by atoms with Crippen molar-refractivity contribution >= 4 is 5.97 Å². The molecule has 1 heterocycles. The van der Waals surface area contributed by atoms with Gasteiger partial charge in [0.2, 0.25) is 0 Å². The van der Waals surface area contributed by atoms with Crippen LogP contribution in [0.5, 0.6) is 0 Å². The summed E-state index contributed by atoms with van der Waals surface area (Å²) in [6.07, 6.45) is -0.300. The van der Waals surface area contributed by atoms with E-state index in [0.29, 0.717) is 26.3 Å². The second kappa shape index (κ2) is 5.29. The fourth-order valence-corrected chi connectivity index (χ4v) is 1.64. The van der Waals surface area contributed by atoms with Gasteiger partial charge in [-0.05, 0) is 6.92 Å². The average Bonchev–Trinajstić information content (AvgIpc) is 2.19. The highest BCUT2D eigenvalue weighted by Gasteiger charge is 2.32. The summed E-state index contributed by atoms with van der Waals surface area (Å²) in [6, 6.07) is -0.566. The maximum absolute atomic E-state index is 11.0. The zero-order chi connectivity index (χ0) is 10.6. The molecule has 0 bridgehead atoms. The van der Waals surface area contributed by atoms with Crippen molar-refractivity contribution in [3.05, 3.63) is 0 Å². The second-order valence-electron chi connectivity index (χ2n) is 3.37. The summed E-state index contributed by atoms with van der Waals surface area (Å²) < 4.78 is 10.2. The van der Waals surface area contributed by atoms with E-state index < -0.39 is 12.0 Å². The lowest BCUT2D eigenvalue weighted by Gasteiger charge is -2.34. The van der Waals surface area contributed by atoms with Gasteiger partial charge in [-0.1, -0.05) is 0 Å². The van der Waals surface area contributed by atoms with Crippen LogP contribution in [0, 0.1) is 0 Å². The minimum atomic E-state index is -0.832. The molecule has 1 N–H and O–H groups in total. The van der Waals surface area contributed by atoms with E-state index in [-0.39, 0.29) is 6.10 Å². The number of rotatable bonds is 4. The predicted molar refractivity (Wildman–Crippen MR) is 50.3 cm³/mol. The van der Waals surface area contributed by atoms with Crippen molar-refractivity contribution in [3.8, 4) is 0 Å². The molecule has 1 aliphatic rings. The van der Waals surface area contributed by atoms with E-state index in [1.165, 1.54) is 7.11 Å². The third-order valence-corrected chi connectivity index (χ3v) is 2.51. The number of morpholine rings is 1. The van der Waals surface area contributed by atoms with Crippen molar-refractivity contribution in [2.75, 3.05) is 33.4 Å². The van der Waals surface area contributed by atoms with Crippen molar-refractivity contribution in [1.29, 1.82) is 0 Å². The monoisotopic (exact) mass is 203 g/mol. The summed E-state index contributed by atoms with van der Waals surface area (Å²) >= 11 is 0. The van der Waals surface area contributed by atoms with Gasteiger partial charge in [0.05, 0.1) is 19.3 Å². The van der Waals surface area contributed by atoms with E-state index >= 15 is 0 Å². The predicted octanol–water partition coefficient (Wildman–Crippen LogP) is -0.193. The number of carboxylic acid groups (broad SMARTS) is 1. The summed E-state index contributed by atoms with van der Waals surface area (Å²) in [7, 11) is 1.53. The molecule has 0 saturated carbocycles. The molecule has 1 aliphatic heterocycles. The first-order chi connectivity index (χ1) is 6.66. The van der Waals surface area contributed by atoms with Gasteiger partial charge in [0.25, 0.3) is 0 Å². The number of hydrogen-bond acceptors (Lipinski definition) is 4. The van der Waals surface area contributed by atoms with E-state index in [9.17, 15) is 4.79 Å². The van der Waals surface area contributed by atoms with Crippen molar-refractivity contribution in [2.24, 2.45) is 0 Å². The molecule has 1 saturated heterocycles. The Hall–Kier alpha value is -0.650. The van der Waals surface area contributed by atoms with Crippen LogP contribution >= 0.6 is 0 Å². The summed E-state index contributed by atoms with van der Waals surface area (Å²) in [5.41, 5.74) is 0. The first-order valence-corrected chi connectivity index (χ1v) is 4.74. The Kier molecular flexibility index (Phi) is 4.31. The molecule has 5 nitrogen and oxygen atoms in total. The molecule has 0 aromatic heterocycles. The highest BCUT2D eigenvalue weighted by Crippen LogP contribution is 2.10. The minimum absolute atomic E-state index is 0.300. The van der Waals surface area contributed by atoms with Gasteiger partial charge in [0, 0.05) is 20.2 Å². The smallest absolute Gasteiger partial charge is 0.323 e. The van der Waals surface area contributed by atoms with Crippen LogP contribution < -0.4 is 0 Å². The zero-order valence-electron chi connectivity index (χ0n) is 8.60. The molecular weight excluding hydrogens is 186 g/mol. The Morgan fingerprint density at radius 3 is 2.50 bits per heavy atom. The SMILES string of the molecule is COC(C)C(C(=O)O)N1CCOCC1. The second-order valence-corrected chi connectivity index (χ2v) is 3.37. The lowest BCUT2D eigenvalue weighted by Crippen LogP contribution is -2.52. The van der Waals surface area contributed by atoms with Crippen molar-refractivity contribution < 1.29 is 19.4 Å². The number of ether oxygens (including phenoxy) is 2. The molecular formula is C9H17NO4. The van der Waals surface area contributed by atoms with Crippen LogP contribution in [0.4, 0.5) is 0 Å². The molecule has 1 fully saturated rings. The first-order valence-electron chi connectivity index (χ1n) is 4.74. The topological polar surface area (TPSA) is 59.0 Å². The van der Waals surface area contributed by atoms with E-state index in [1.807, 2.05) is 4.90 Å². The van der Waals surface area contributed by atoms with Crippen molar-refractivity contribution in [2.45, 2.75) is 19.1 Å². The number of nitrogens with zero attached hydrogens (tertiary/aromatic N) is 1. The third kappa shape index (κ3) is 2.67. The highest BCUT2D eigenvalue weighted by molar-refractivity contribution is 5.74. The first kappa shape index (κ1) is 11.4. The van der Waals surface area contributed by atoms with Crippen LogP contribution in [0.25, 0.3) is 0 Å². The Morgan fingerprint density at radius 1 is 1.50 bits per heavy atom. The quantitative estimate of drug-likeness (QED) is 0.686. The number of hydrogen-bond donors (Lipinski definition) is 1. The lowest BCUT2D eigenvalue weighted by molar-refractivity contribution is -0.150. The van der Waals surface area contributed by atoms with Gasteiger partial charge < -0.3 is 14.6 Å². The molecule has 2 atom stereocenters. The van der Waals surface area contributed by atoms with Gasteiger partial charge in [-0.2, -0.15) is 0 Å². The molecule has 0 aliphatic carbocycles. The van der Waals surface area contributed by atoms with Crippen LogP contribution in [-0.2, 0) is 14.3 Å². The highest BCUT2D eigenvalue weighted by atomic mass is 16.5. The van der Waals surface area contributed by atoms with Crippen LogP contribution in [0.2, 0.25) is 0 Å². The van der Waals surface area contributed by atoms with Crippen molar-refractivity contribution in [3.63, 3.8) is 0 Å². The van der Waals surface area contributed by atoms with Crippen molar-refractivity contribution in [1.82, 2.24) is 4.90 Å². The summed E-state index contributed by atoms with van der Waals surface area (Å²) in [6.45, 7) is 4.28. The van der Waals surface area contributed by atoms with E-state index in [4.69, 9.17) is 14.6 Å². The Labute approximate surface area is 83.6 Å². The van der Waals surface area contributed by atoms with Crippen LogP contribution in [-0.4, -0.2) is 61.5 Å².